The van der Waals surface area contributed by atoms with E-state index in [1.165, 1.54) is 31.0 Å². The summed E-state index contributed by atoms with van der Waals surface area (Å²) in [6.45, 7) is 5.01. The molecule has 2 fully saturated rings. The SMILES string of the molecule is COc1cc(C=C2SC(=S)N(C3CCCCC3)C2=O)ccc1OCCC(C)C. The van der Waals surface area contributed by atoms with E-state index in [1.807, 2.05) is 29.2 Å². The Bertz CT molecular complexity index is 754. The lowest BCUT2D eigenvalue weighted by molar-refractivity contribution is -0.124. The van der Waals surface area contributed by atoms with E-state index in [4.69, 9.17) is 21.7 Å². The molecule has 2 aliphatic rings. The zero-order valence-electron chi connectivity index (χ0n) is 16.9. The molecule has 1 saturated heterocycles. The molecule has 0 spiro atoms. The van der Waals surface area contributed by atoms with Crippen molar-refractivity contribution >= 4 is 40.3 Å². The molecule has 0 radical (unpaired) electrons. The Balaban J connectivity index is 1.73. The highest BCUT2D eigenvalue weighted by Crippen LogP contribution is 2.38. The van der Waals surface area contributed by atoms with E-state index < -0.39 is 0 Å². The van der Waals surface area contributed by atoms with Crippen molar-refractivity contribution < 1.29 is 14.3 Å². The van der Waals surface area contributed by atoms with Crippen LogP contribution in [-0.2, 0) is 4.79 Å². The summed E-state index contributed by atoms with van der Waals surface area (Å²) in [5.74, 6) is 2.05. The lowest BCUT2D eigenvalue weighted by Crippen LogP contribution is -2.39. The highest BCUT2D eigenvalue weighted by Gasteiger charge is 2.37. The molecule has 1 aliphatic carbocycles. The van der Waals surface area contributed by atoms with Gasteiger partial charge in [-0.3, -0.25) is 9.69 Å². The normalized spacial score (nSPS) is 19.7. The van der Waals surface area contributed by atoms with Crippen molar-refractivity contribution in [2.45, 2.75) is 58.4 Å². The van der Waals surface area contributed by atoms with E-state index in [0.717, 1.165) is 30.6 Å². The summed E-state index contributed by atoms with van der Waals surface area (Å²) in [5, 5.41) is 0. The van der Waals surface area contributed by atoms with Crippen LogP contribution in [0.2, 0.25) is 0 Å². The molecule has 0 unspecified atom stereocenters. The number of rotatable bonds is 7. The fraction of sp³-hybridized carbons (Fsp3) is 0.545. The Morgan fingerprint density at radius 1 is 1.25 bits per heavy atom. The van der Waals surface area contributed by atoms with Crippen molar-refractivity contribution in [2.75, 3.05) is 13.7 Å². The first-order valence-corrected chi connectivity index (χ1v) is 11.3. The standard InChI is InChI=1S/C22H29NO3S2/c1-15(2)11-12-26-18-10-9-16(13-19(18)25-3)14-20-21(24)23(22(27)28-20)17-7-5-4-6-8-17/h9-10,13-15,17H,4-8,11-12H2,1-3H3. The number of thioether (sulfide) groups is 1. The minimum absolute atomic E-state index is 0.0399. The number of hydrogen-bond acceptors (Lipinski definition) is 5. The molecule has 1 aliphatic heterocycles. The minimum atomic E-state index is 0.0399. The number of amides is 1. The highest BCUT2D eigenvalue weighted by molar-refractivity contribution is 8.26. The predicted molar refractivity (Wildman–Crippen MR) is 120 cm³/mol. The minimum Gasteiger partial charge on any atom is -0.493 e. The van der Waals surface area contributed by atoms with Gasteiger partial charge < -0.3 is 9.47 Å². The van der Waals surface area contributed by atoms with Crippen molar-refractivity contribution in [3.05, 3.63) is 28.7 Å². The number of thiocarbonyl (C=S) groups is 1. The zero-order chi connectivity index (χ0) is 20.1. The topological polar surface area (TPSA) is 38.8 Å². The van der Waals surface area contributed by atoms with Gasteiger partial charge in [-0.1, -0.05) is 63.2 Å². The third kappa shape index (κ3) is 5.09. The highest BCUT2D eigenvalue weighted by atomic mass is 32.2. The molecule has 4 nitrogen and oxygen atoms in total. The van der Waals surface area contributed by atoms with Crippen molar-refractivity contribution in [3.63, 3.8) is 0 Å². The van der Waals surface area contributed by atoms with E-state index in [1.54, 1.807) is 7.11 Å². The van der Waals surface area contributed by atoms with Gasteiger partial charge >= 0.3 is 0 Å². The largest absolute Gasteiger partial charge is 0.493 e. The van der Waals surface area contributed by atoms with Crippen LogP contribution in [0.15, 0.2) is 23.1 Å². The first-order valence-electron chi connectivity index (χ1n) is 10.1. The number of carbonyl (C=O) groups excluding carboxylic acids is 1. The van der Waals surface area contributed by atoms with E-state index in [-0.39, 0.29) is 11.9 Å². The number of nitrogens with zero attached hydrogens (tertiary/aromatic N) is 1. The maximum Gasteiger partial charge on any atom is 0.266 e. The third-order valence-corrected chi connectivity index (χ3v) is 6.53. The van der Waals surface area contributed by atoms with Gasteiger partial charge in [-0.05, 0) is 49.0 Å². The van der Waals surface area contributed by atoms with Crippen LogP contribution < -0.4 is 9.47 Å². The summed E-state index contributed by atoms with van der Waals surface area (Å²) < 4.78 is 12.0. The quantitative estimate of drug-likeness (QED) is 0.421. The lowest BCUT2D eigenvalue weighted by atomic mass is 9.94. The van der Waals surface area contributed by atoms with Crippen molar-refractivity contribution in [1.82, 2.24) is 4.90 Å². The van der Waals surface area contributed by atoms with Crippen LogP contribution in [0.25, 0.3) is 6.08 Å². The van der Waals surface area contributed by atoms with Crippen LogP contribution in [0.4, 0.5) is 0 Å². The molecule has 0 bridgehead atoms. The van der Waals surface area contributed by atoms with Gasteiger partial charge in [-0.15, -0.1) is 0 Å². The van der Waals surface area contributed by atoms with Crippen molar-refractivity contribution in [1.29, 1.82) is 0 Å². The monoisotopic (exact) mass is 419 g/mol. The van der Waals surface area contributed by atoms with Crippen LogP contribution in [0.5, 0.6) is 11.5 Å². The van der Waals surface area contributed by atoms with Gasteiger partial charge in [-0.25, -0.2) is 0 Å². The van der Waals surface area contributed by atoms with Crippen molar-refractivity contribution in [2.24, 2.45) is 5.92 Å². The van der Waals surface area contributed by atoms with E-state index >= 15 is 0 Å². The second kappa shape index (κ2) is 9.79. The summed E-state index contributed by atoms with van der Waals surface area (Å²) in [5.41, 5.74) is 0.914. The summed E-state index contributed by atoms with van der Waals surface area (Å²) >= 11 is 6.91. The van der Waals surface area contributed by atoms with Crippen LogP contribution in [0.1, 0.15) is 57.9 Å². The molecule has 0 N–H and O–H groups in total. The second-order valence-corrected chi connectivity index (χ2v) is 9.46. The molecule has 1 heterocycles. The maximum atomic E-state index is 12.9. The molecule has 0 atom stereocenters. The summed E-state index contributed by atoms with van der Waals surface area (Å²) in [7, 11) is 1.64. The molecule has 1 aromatic rings. The fourth-order valence-electron chi connectivity index (χ4n) is 3.58. The third-order valence-electron chi connectivity index (χ3n) is 5.20. The number of methoxy groups -OCH3 is 1. The van der Waals surface area contributed by atoms with Crippen LogP contribution in [-0.4, -0.2) is 34.9 Å². The first-order chi connectivity index (χ1) is 13.5. The number of carbonyl (C=O) groups is 1. The Labute approximate surface area is 177 Å². The molecule has 152 valence electrons. The Kier molecular flexibility index (Phi) is 7.41. The summed E-state index contributed by atoms with van der Waals surface area (Å²) in [6, 6.07) is 6.05. The second-order valence-electron chi connectivity index (χ2n) is 7.78. The van der Waals surface area contributed by atoms with Gasteiger partial charge in [0.05, 0.1) is 18.6 Å². The lowest BCUT2D eigenvalue weighted by Gasteiger charge is -2.29. The first kappa shape index (κ1) is 21.2. The average Bonchev–Trinajstić information content (AvgIpc) is 2.96. The van der Waals surface area contributed by atoms with Gasteiger partial charge in [0.2, 0.25) is 0 Å². The average molecular weight is 420 g/mol. The van der Waals surface area contributed by atoms with Gasteiger partial charge in [0.15, 0.2) is 11.5 Å². The molecule has 1 aromatic carbocycles. The molecule has 1 amide bonds. The Morgan fingerprint density at radius 3 is 2.68 bits per heavy atom. The zero-order valence-corrected chi connectivity index (χ0v) is 18.5. The van der Waals surface area contributed by atoms with E-state index in [9.17, 15) is 4.79 Å². The summed E-state index contributed by atoms with van der Waals surface area (Å²) in [4.78, 5) is 15.5. The molecule has 3 rings (SSSR count). The maximum absolute atomic E-state index is 12.9. The molecule has 28 heavy (non-hydrogen) atoms. The van der Waals surface area contributed by atoms with Gasteiger partial charge in [0.1, 0.15) is 4.32 Å². The van der Waals surface area contributed by atoms with E-state index in [2.05, 4.69) is 13.8 Å². The molecular formula is C22H29NO3S2. The van der Waals surface area contributed by atoms with Crippen molar-refractivity contribution in [3.8, 4) is 11.5 Å². The predicted octanol–water partition coefficient (Wildman–Crippen LogP) is 5.65. The molecule has 0 aromatic heterocycles. The molecular weight excluding hydrogens is 390 g/mol. The molecule has 1 saturated carbocycles. The van der Waals surface area contributed by atoms with Crippen LogP contribution in [0.3, 0.4) is 0 Å². The fourth-order valence-corrected chi connectivity index (χ4v) is 4.98. The molecule has 6 heteroatoms. The Morgan fingerprint density at radius 2 is 2.00 bits per heavy atom. The van der Waals surface area contributed by atoms with Gasteiger partial charge in [0, 0.05) is 6.04 Å². The van der Waals surface area contributed by atoms with Gasteiger partial charge in [0.25, 0.3) is 5.91 Å². The number of hydrogen-bond donors (Lipinski definition) is 0. The number of benzene rings is 1. The van der Waals surface area contributed by atoms with Gasteiger partial charge in [-0.2, -0.15) is 0 Å². The Hall–Kier alpha value is -1.53. The smallest absolute Gasteiger partial charge is 0.266 e. The van der Waals surface area contributed by atoms with Crippen LogP contribution in [0, 0.1) is 5.92 Å². The number of ether oxygens (including phenoxy) is 2. The van der Waals surface area contributed by atoms with E-state index in [0.29, 0.717) is 27.5 Å². The summed E-state index contributed by atoms with van der Waals surface area (Å²) in [6.07, 6.45) is 8.61. The van der Waals surface area contributed by atoms with Crippen LogP contribution >= 0.6 is 24.0 Å².